The standard InChI is InChI=1S/C23H22BrNO5S/c1-30-23(27)21(12-13-31(2,28)29)25-22(26)19-11-10-16(24)14-20(19)18-9-5-7-15-6-3-4-8-17(15)18/h3-11,14,21H,12-13H2,1-2H3,(H,25,26). The van der Waals surface area contributed by atoms with Gasteiger partial charge in [0.05, 0.1) is 12.9 Å². The van der Waals surface area contributed by atoms with E-state index in [1.807, 2.05) is 48.5 Å². The van der Waals surface area contributed by atoms with E-state index < -0.39 is 27.8 Å². The van der Waals surface area contributed by atoms with E-state index >= 15 is 0 Å². The zero-order valence-corrected chi connectivity index (χ0v) is 19.5. The van der Waals surface area contributed by atoms with Gasteiger partial charge in [-0.1, -0.05) is 58.4 Å². The number of carbonyl (C=O) groups is 2. The van der Waals surface area contributed by atoms with E-state index in [0.717, 1.165) is 27.1 Å². The summed E-state index contributed by atoms with van der Waals surface area (Å²) in [5, 5.41) is 4.66. The molecule has 3 rings (SSSR count). The van der Waals surface area contributed by atoms with Crippen molar-refractivity contribution >= 4 is 48.4 Å². The molecule has 1 atom stereocenters. The lowest BCUT2D eigenvalue weighted by Crippen LogP contribution is -2.42. The summed E-state index contributed by atoms with van der Waals surface area (Å²) in [6, 6.07) is 17.9. The van der Waals surface area contributed by atoms with Gasteiger partial charge < -0.3 is 10.1 Å². The molecule has 8 heteroatoms. The predicted molar refractivity (Wildman–Crippen MR) is 125 cm³/mol. The first kappa shape index (κ1) is 23.0. The van der Waals surface area contributed by atoms with Crippen LogP contribution in [0, 0.1) is 0 Å². The first-order chi connectivity index (χ1) is 14.7. The Morgan fingerprint density at radius 3 is 2.45 bits per heavy atom. The summed E-state index contributed by atoms with van der Waals surface area (Å²) >= 11 is 3.47. The van der Waals surface area contributed by atoms with Crippen LogP contribution < -0.4 is 5.32 Å². The minimum Gasteiger partial charge on any atom is -0.467 e. The fourth-order valence-electron chi connectivity index (χ4n) is 3.36. The first-order valence-electron chi connectivity index (χ1n) is 9.53. The van der Waals surface area contributed by atoms with Gasteiger partial charge in [0, 0.05) is 16.3 Å². The molecule has 1 unspecified atom stereocenters. The van der Waals surface area contributed by atoms with Crippen molar-refractivity contribution in [2.45, 2.75) is 12.5 Å². The molecule has 31 heavy (non-hydrogen) atoms. The van der Waals surface area contributed by atoms with Crippen LogP contribution in [-0.4, -0.2) is 45.5 Å². The first-order valence-corrected chi connectivity index (χ1v) is 12.4. The molecule has 3 aromatic rings. The molecule has 1 N–H and O–H groups in total. The highest BCUT2D eigenvalue weighted by atomic mass is 79.9. The molecule has 0 bridgehead atoms. The number of nitrogens with one attached hydrogen (secondary N) is 1. The monoisotopic (exact) mass is 503 g/mol. The molecule has 0 fully saturated rings. The maximum atomic E-state index is 13.2. The zero-order valence-electron chi connectivity index (χ0n) is 17.1. The number of esters is 1. The lowest BCUT2D eigenvalue weighted by molar-refractivity contribution is -0.142. The summed E-state index contributed by atoms with van der Waals surface area (Å²) in [4.78, 5) is 25.3. The Labute approximate surface area is 189 Å². The number of amides is 1. The van der Waals surface area contributed by atoms with Crippen LogP contribution in [0.3, 0.4) is 0 Å². The number of carbonyl (C=O) groups excluding carboxylic acids is 2. The summed E-state index contributed by atoms with van der Waals surface area (Å²) in [5.74, 6) is -1.43. The molecule has 0 saturated carbocycles. The van der Waals surface area contributed by atoms with Crippen molar-refractivity contribution in [3.05, 3.63) is 70.7 Å². The van der Waals surface area contributed by atoms with Crippen LogP contribution in [0.2, 0.25) is 0 Å². The van der Waals surface area contributed by atoms with Crippen molar-refractivity contribution in [1.82, 2.24) is 5.32 Å². The molecule has 1 amide bonds. The van der Waals surface area contributed by atoms with E-state index in [2.05, 4.69) is 21.2 Å². The third-order valence-corrected chi connectivity index (χ3v) is 6.34. The van der Waals surface area contributed by atoms with Crippen LogP contribution in [0.4, 0.5) is 0 Å². The number of fused-ring (bicyclic) bond motifs is 1. The average molecular weight is 504 g/mol. The Balaban J connectivity index is 2.01. The Kier molecular flexibility index (Phi) is 7.12. The molecule has 3 aromatic carbocycles. The normalized spacial score (nSPS) is 12.4. The molecule has 0 aliphatic heterocycles. The number of hydrogen-bond acceptors (Lipinski definition) is 5. The van der Waals surface area contributed by atoms with Crippen molar-refractivity contribution in [3.63, 3.8) is 0 Å². The third-order valence-electron chi connectivity index (χ3n) is 4.87. The second-order valence-corrected chi connectivity index (χ2v) is 10.4. The summed E-state index contributed by atoms with van der Waals surface area (Å²) in [6.07, 6.45) is 1.01. The Morgan fingerprint density at radius 1 is 1.03 bits per heavy atom. The number of hydrogen-bond donors (Lipinski definition) is 1. The average Bonchev–Trinajstić information content (AvgIpc) is 2.74. The number of benzene rings is 3. The molecular weight excluding hydrogens is 482 g/mol. The molecule has 0 heterocycles. The number of halogens is 1. The van der Waals surface area contributed by atoms with E-state index in [0.29, 0.717) is 11.1 Å². The molecule has 0 spiro atoms. The molecular formula is C23H22BrNO5S. The Bertz CT molecular complexity index is 1230. The van der Waals surface area contributed by atoms with Gasteiger partial charge in [-0.25, -0.2) is 13.2 Å². The summed E-state index contributed by atoms with van der Waals surface area (Å²) < 4.78 is 28.6. The van der Waals surface area contributed by atoms with Gasteiger partial charge in [-0.05, 0) is 46.5 Å². The smallest absolute Gasteiger partial charge is 0.328 e. The highest BCUT2D eigenvalue weighted by Crippen LogP contribution is 2.33. The highest BCUT2D eigenvalue weighted by Gasteiger charge is 2.25. The van der Waals surface area contributed by atoms with Crippen molar-refractivity contribution in [3.8, 4) is 11.1 Å². The fourth-order valence-corrected chi connectivity index (χ4v) is 4.38. The SMILES string of the molecule is COC(=O)C(CCS(C)(=O)=O)NC(=O)c1ccc(Br)cc1-c1cccc2ccccc12. The number of methoxy groups -OCH3 is 1. The lowest BCUT2D eigenvalue weighted by atomic mass is 9.94. The van der Waals surface area contributed by atoms with Crippen LogP contribution >= 0.6 is 15.9 Å². The van der Waals surface area contributed by atoms with Crippen LogP contribution in [-0.2, 0) is 19.4 Å². The van der Waals surface area contributed by atoms with Crippen molar-refractivity contribution in [1.29, 1.82) is 0 Å². The predicted octanol–water partition coefficient (Wildman–Crippen LogP) is 3.98. The lowest BCUT2D eigenvalue weighted by Gasteiger charge is -2.18. The molecule has 0 aliphatic rings. The zero-order chi connectivity index (χ0) is 22.6. The summed E-state index contributed by atoms with van der Waals surface area (Å²) in [5.41, 5.74) is 1.93. The number of ether oxygens (including phenoxy) is 1. The molecule has 0 aliphatic carbocycles. The van der Waals surface area contributed by atoms with Crippen molar-refractivity contribution < 1.29 is 22.7 Å². The maximum absolute atomic E-state index is 13.2. The van der Waals surface area contributed by atoms with E-state index in [1.165, 1.54) is 7.11 Å². The maximum Gasteiger partial charge on any atom is 0.328 e. The fraction of sp³-hybridized carbons (Fsp3) is 0.217. The van der Waals surface area contributed by atoms with Gasteiger partial charge in [0.1, 0.15) is 15.9 Å². The van der Waals surface area contributed by atoms with Gasteiger partial charge in [-0.15, -0.1) is 0 Å². The highest BCUT2D eigenvalue weighted by molar-refractivity contribution is 9.10. The summed E-state index contributed by atoms with van der Waals surface area (Å²) in [6.45, 7) is 0. The summed E-state index contributed by atoms with van der Waals surface area (Å²) in [7, 11) is -2.11. The molecule has 0 radical (unpaired) electrons. The minimum atomic E-state index is -3.31. The van der Waals surface area contributed by atoms with Crippen LogP contribution in [0.15, 0.2) is 65.1 Å². The second-order valence-electron chi connectivity index (χ2n) is 7.18. The topological polar surface area (TPSA) is 89.5 Å². The van der Waals surface area contributed by atoms with Gasteiger partial charge in [0.25, 0.3) is 5.91 Å². The minimum absolute atomic E-state index is 0.0720. The quantitative estimate of drug-likeness (QED) is 0.492. The van der Waals surface area contributed by atoms with E-state index in [1.54, 1.807) is 12.1 Å². The number of sulfone groups is 1. The largest absolute Gasteiger partial charge is 0.467 e. The van der Waals surface area contributed by atoms with Gasteiger partial charge in [0.15, 0.2) is 0 Å². The van der Waals surface area contributed by atoms with Crippen LogP contribution in [0.5, 0.6) is 0 Å². The van der Waals surface area contributed by atoms with Crippen molar-refractivity contribution in [2.24, 2.45) is 0 Å². The molecule has 0 saturated heterocycles. The number of rotatable bonds is 7. The molecule has 0 aromatic heterocycles. The van der Waals surface area contributed by atoms with Crippen LogP contribution in [0.25, 0.3) is 21.9 Å². The second kappa shape index (κ2) is 9.62. The Hall–Kier alpha value is -2.71. The molecule has 162 valence electrons. The van der Waals surface area contributed by atoms with Gasteiger partial charge in [-0.2, -0.15) is 0 Å². The van der Waals surface area contributed by atoms with E-state index in [4.69, 9.17) is 4.74 Å². The van der Waals surface area contributed by atoms with Gasteiger partial charge in [-0.3, -0.25) is 4.79 Å². The van der Waals surface area contributed by atoms with Gasteiger partial charge in [0.2, 0.25) is 0 Å². The third kappa shape index (κ3) is 5.71. The Morgan fingerprint density at radius 2 is 1.74 bits per heavy atom. The van der Waals surface area contributed by atoms with E-state index in [-0.39, 0.29) is 12.2 Å². The van der Waals surface area contributed by atoms with E-state index in [9.17, 15) is 18.0 Å². The van der Waals surface area contributed by atoms with Crippen molar-refractivity contribution in [2.75, 3.05) is 19.1 Å². The van der Waals surface area contributed by atoms with Gasteiger partial charge >= 0.3 is 5.97 Å². The van der Waals surface area contributed by atoms with Crippen LogP contribution in [0.1, 0.15) is 16.8 Å². The molecule has 6 nitrogen and oxygen atoms in total.